The third kappa shape index (κ3) is 2.57. The number of ketones is 1. The largest absolute Gasteiger partial charge is 0.360 e. The molecule has 0 radical (unpaired) electrons. The normalized spacial score (nSPS) is 21.5. The zero-order valence-corrected chi connectivity index (χ0v) is 12.2. The lowest BCUT2D eigenvalue weighted by Gasteiger charge is -2.30. The molecule has 1 atom stereocenters. The van der Waals surface area contributed by atoms with E-state index in [0.717, 1.165) is 6.42 Å². The minimum absolute atomic E-state index is 0.0404. The first kappa shape index (κ1) is 14.2. The van der Waals surface area contributed by atoms with Gasteiger partial charge in [-0.05, 0) is 33.6 Å². The SMILES string of the molecule is CC(=O)C1CCCN(S(=O)(=O)c2c(C)noc2C)C1. The minimum Gasteiger partial charge on any atom is -0.360 e. The molecule has 0 aliphatic carbocycles. The number of hydrogen-bond acceptors (Lipinski definition) is 5. The van der Waals surface area contributed by atoms with Gasteiger partial charge in [-0.3, -0.25) is 4.79 Å². The van der Waals surface area contributed by atoms with Crippen molar-refractivity contribution in [2.45, 2.75) is 38.5 Å². The van der Waals surface area contributed by atoms with Gasteiger partial charge in [0.05, 0.1) is 0 Å². The van der Waals surface area contributed by atoms with Crippen LogP contribution in [0.3, 0.4) is 0 Å². The van der Waals surface area contributed by atoms with Gasteiger partial charge in [0.1, 0.15) is 16.4 Å². The summed E-state index contributed by atoms with van der Waals surface area (Å²) in [7, 11) is -3.62. The smallest absolute Gasteiger partial charge is 0.248 e. The first-order valence-corrected chi connectivity index (χ1v) is 7.71. The average molecular weight is 286 g/mol. The summed E-state index contributed by atoms with van der Waals surface area (Å²) < 4.78 is 31.4. The number of aromatic nitrogens is 1. The van der Waals surface area contributed by atoms with Gasteiger partial charge < -0.3 is 4.52 Å². The van der Waals surface area contributed by atoms with Crippen LogP contribution in [0.25, 0.3) is 0 Å². The average Bonchev–Trinajstić information content (AvgIpc) is 2.69. The van der Waals surface area contributed by atoms with Crippen molar-refractivity contribution in [3.8, 4) is 0 Å². The number of piperidine rings is 1. The zero-order chi connectivity index (χ0) is 14.2. The summed E-state index contributed by atoms with van der Waals surface area (Å²) in [5, 5.41) is 3.68. The van der Waals surface area contributed by atoms with Crippen molar-refractivity contribution in [2.75, 3.05) is 13.1 Å². The molecule has 0 spiro atoms. The van der Waals surface area contributed by atoms with Gasteiger partial charge >= 0.3 is 0 Å². The van der Waals surface area contributed by atoms with Crippen LogP contribution >= 0.6 is 0 Å². The zero-order valence-electron chi connectivity index (χ0n) is 11.3. The van der Waals surface area contributed by atoms with Gasteiger partial charge in [-0.2, -0.15) is 4.31 Å². The van der Waals surface area contributed by atoms with E-state index < -0.39 is 10.0 Å². The molecule has 0 amide bonds. The second-order valence-electron chi connectivity index (χ2n) is 4.97. The third-order valence-electron chi connectivity index (χ3n) is 3.52. The standard InChI is InChI=1S/C12H18N2O4S/c1-8-12(10(3)18-13-8)19(16,17)14-6-4-5-11(7-14)9(2)15/h11H,4-7H2,1-3H3. The molecule has 1 unspecified atom stereocenters. The highest BCUT2D eigenvalue weighted by atomic mass is 32.2. The summed E-state index contributed by atoms with van der Waals surface area (Å²) in [6.45, 7) is 5.39. The van der Waals surface area contributed by atoms with Crippen molar-refractivity contribution in [3.63, 3.8) is 0 Å². The first-order chi connectivity index (χ1) is 8.84. The van der Waals surface area contributed by atoms with Gasteiger partial charge in [0.2, 0.25) is 10.0 Å². The van der Waals surface area contributed by atoms with Crippen LogP contribution in [0, 0.1) is 19.8 Å². The van der Waals surface area contributed by atoms with E-state index in [1.807, 2.05) is 0 Å². The molecule has 1 aliphatic heterocycles. The lowest BCUT2D eigenvalue weighted by Crippen LogP contribution is -2.42. The van der Waals surface area contributed by atoms with Gasteiger partial charge in [0, 0.05) is 19.0 Å². The maximum Gasteiger partial charge on any atom is 0.248 e. The molecular weight excluding hydrogens is 268 g/mol. The van der Waals surface area contributed by atoms with E-state index in [2.05, 4.69) is 5.16 Å². The Balaban J connectivity index is 2.32. The van der Waals surface area contributed by atoms with Crippen molar-refractivity contribution >= 4 is 15.8 Å². The fourth-order valence-corrected chi connectivity index (χ4v) is 4.28. The van der Waals surface area contributed by atoms with Crippen molar-refractivity contribution in [1.82, 2.24) is 9.46 Å². The Bertz CT molecular complexity index is 571. The van der Waals surface area contributed by atoms with Crippen molar-refractivity contribution in [1.29, 1.82) is 0 Å². The summed E-state index contributed by atoms with van der Waals surface area (Å²) in [4.78, 5) is 11.6. The van der Waals surface area contributed by atoms with Gasteiger partial charge in [-0.25, -0.2) is 8.42 Å². The molecule has 106 valence electrons. The molecule has 19 heavy (non-hydrogen) atoms. The molecule has 6 nitrogen and oxygen atoms in total. The predicted octanol–water partition coefficient (Wildman–Crippen LogP) is 1.28. The van der Waals surface area contributed by atoms with E-state index >= 15 is 0 Å². The highest BCUT2D eigenvalue weighted by Crippen LogP contribution is 2.27. The van der Waals surface area contributed by atoms with Gasteiger partial charge in [-0.15, -0.1) is 0 Å². The summed E-state index contributed by atoms with van der Waals surface area (Å²) in [5.41, 5.74) is 0.363. The lowest BCUT2D eigenvalue weighted by molar-refractivity contribution is -0.121. The Morgan fingerprint density at radius 1 is 1.42 bits per heavy atom. The second-order valence-corrected chi connectivity index (χ2v) is 6.84. The van der Waals surface area contributed by atoms with E-state index in [-0.39, 0.29) is 23.1 Å². The monoisotopic (exact) mass is 286 g/mol. The lowest BCUT2D eigenvalue weighted by atomic mass is 9.96. The fraction of sp³-hybridized carbons (Fsp3) is 0.667. The fourth-order valence-electron chi connectivity index (χ4n) is 2.46. The quantitative estimate of drug-likeness (QED) is 0.836. The van der Waals surface area contributed by atoms with Crippen LogP contribution in [-0.2, 0) is 14.8 Å². The van der Waals surface area contributed by atoms with Crippen LogP contribution in [0.1, 0.15) is 31.2 Å². The van der Waals surface area contributed by atoms with Crippen molar-refractivity contribution in [2.24, 2.45) is 5.92 Å². The molecule has 7 heteroatoms. The number of carbonyl (C=O) groups is 1. The van der Waals surface area contributed by atoms with Gasteiger partial charge in [-0.1, -0.05) is 5.16 Å². The number of carbonyl (C=O) groups excluding carboxylic acids is 1. The number of nitrogens with zero attached hydrogens (tertiary/aromatic N) is 2. The van der Waals surface area contributed by atoms with Crippen LogP contribution in [0.15, 0.2) is 9.42 Å². The first-order valence-electron chi connectivity index (χ1n) is 6.27. The Labute approximate surface area is 112 Å². The molecule has 1 fully saturated rings. The molecule has 2 rings (SSSR count). The van der Waals surface area contributed by atoms with Crippen LogP contribution in [0.2, 0.25) is 0 Å². The van der Waals surface area contributed by atoms with Crippen LogP contribution in [0.5, 0.6) is 0 Å². The highest BCUT2D eigenvalue weighted by molar-refractivity contribution is 7.89. The number of sulfonamides is 1. The van der Waals surface area contributed by atoms with Crippen LogP contribution in [0.4, 0.5) is 0 Å². The van der Waals surface area contributed by atoms with E-state index in [1.54, 1.807) is 13.8 Å². The van der Waals surface area contributed by atoms with E-state index in [9.17, 15) is 13.2 Å². The molecule has 0 bridgehead atoms. The molecule has 1 aliphatic rings. The minimum atomic E-state index is -3.62. The van der Waals surface area contributed by atoms with E-state index in [4.69, 9.17) is 4.52 Å². The van der Waals surface area contributed by atoms with Crippen molar-refractivity contribution < 1.29 is 17.7 Å². The molecule has 2 heterocycles. The van der Waals surface area contributed by atoms with Gasteiger partial charge in [0.15, 0.2) is 5.76 Å². The molecule has 0 saturated carbocycles. The molecule has 0 N–H and O–H groups in total. The van der Waals surface area contributed by atoms with Gasteiger partial charge in [0.25, 0.3) is 0 Å². The molecule has 1 aromatic rings. The Morgan fingerprint density at radius 3 is 2.63 bits per heavy atom. The summed E-state index contributed by atoms with van der Waals surface area (Å²) in [6, 6.07) is 0. The highest BCUT2D eigenvalue weighted by Gasteiger charge is 2.35. The Kier molecular flexibility index (Phi) is 3.78. The summed E-state index contributed by atoms with van der Waals surface area (Å²) in [5.74, 6) is 0.130. The van der Waals surface area contributed by atoms with Crippen molar-refractivity contribution in [3.05, 3.63) is 11.5 Å². The third-order valence-corrected chi connectivity index (χ3v) is 5.64. The molecule has 0 aromatic carbocycles. The van der Waals surface area contributed by atoms with E-state index in [0.29, 0.717) is 24.4 Å². The number of hydrogen-bond donors (Lipinski definition) is 0. The molecule has 1 saturated heterocycles. The second kappa shape index (κ2) is 5.05. The number of aryl methyl sites for hydroxylation is 2. The topological polar surface area (TPSA) is 80.5 Å². The Morgan fingerprint density at radius 2 is 2.11 bits per heavy atom. The predicted molar refractivity (Wildman–Crippen MR) is 68.1 cm³/mol. The number of rotatable bonds is 3. The van der Waals surface area contributed by atoms with E-state index in [1.165, 1.54) is 11.2 Å². The maximum atomic E-state index is 12.6. The molecular formula is C12H18N2O4S. The Hall–Kier alpha value is -1.21. The summed E-state index contributed by atoms with van der Waals surface area (Å²) in [6.07, 6.45) is 1.45. The van der Waals surface area contributed by atoms with Crippen LogP contribution in [-0.4, -0.2) is 36.8 Å². The maximum absolute atomic E-state index is 12.6. The summed E-state index contributed by atoms with van der Waals surface area (Å²) >= 11 is 0. The van der Waals surface area contributed by atoms with Crippen LogP contribution < -0.4 is 0 Å². The number of Topliss-reactive ketones (excluding diaryl/α,β-unsaturated/α-hetero) is 1. The molecule has 1 aromatic heterocycles.